The first-order valence-electron chi connectivity index (χ1n) is 7.25. The van der Waals surface area contributed by atoms with E-state index in [1.807, 2.05) is 17.8 Å². The number of imidazole rings is 1. The van der Waals surface area contributed by atoms with Crippen molar-refractivity contribution in [3.05, 3.63) is 47.4 Å². The second-order valence-corrected chi connectivity index (χ2v) is 5.49. The molecule has 3 aromatic rings. The number of hydrogen-bond acceptors (Lipinski definition) is 2. The summed E-state index contributed by atoms with van der Waals surface area (Å²) in [5.74, 6) is 1.31. The minimum absolute atomic E-state index is 0.410. The van der Waals surface area contributed by atoms with E-state index in [2.05, 4.69) is 40.9 Å². The van der Waals surface area contributed by atoms with Crippen molar-refractivity contribution in [1.82, 2.24) is 19.3 Å². The molecule has 0 atom stereocenters. The summed E-state index contributed by atoms with van der Waals surface area (Å²) < 4.78 is 4.09. The van der Waals surface area contributed by atoms with Crippen molar-refractivity contribution in [2.24, 2.45) is 7.05 Å². The van der Waals surface area contributed by atoms with Gasteiger partial charge >= 0.3 is 0 Å². The van der Waals surface area contributed by atoms with Crippen molar-refractivity contribution >= 4 is 22.8 Å². The van der Waals surface area contributed by atoms with E-state index in [0.29, 0.717) is 5.88 Å². The maximum absolute atomic E-state index is 6.10. The number of fused-ring (bicyclic) bond motifs is 1. The second-order valence-electron chi connectivity index (χ2n) is 5.23. The summed E-state index contributed by atoms with van der Waals surface area (Å²) in [7, 11) is 1.97. The minimum atomic E-state index is 0.410. The van der Waals surface area contributed by atoms with Gasteiger partial charge in [0.25, 0.3) is 0 Å². The lowest BCUT2D eigenvalue weighted by Crippen LogP contribution is -2.07. The third-order valence-electron chi connectivity index (χ3n) is 3.66. The molecule has 2 aromatic heterocycles. The molecule has 0 saturated heterocycles. The van der Waals surface area contributed by atoms with Crippen molar-refractivity contribution in [1.29, 1.82) is 0 Å². The lowest BCUT2D eigenvalue weighted by molar-refractivity contribution is 0.693. The average Bonchev–Trinajstić information content (AvgIpc) is 3.00. The summed E-state index contributed by atoms with van der Waals surface area (Å²) in [6.45, 7) is 2.93. The molecule has 0 aliphatic rings. The Hall–Kier alpha value is -1.81. The lowest BCUT2D eigenvalue weighted by atomic mass is 10.2. The van der Waals surface area contributed by atoms with Crippen LogP contribution in [0.5, 0.6) is 0 Å². The molecule has 21 heavy (non-hydrogen) atoms. The molecule has 4 nitrogen and oxygen atoms in total. The Morgan fingerprint density at radius 2 is 1.95 bits per heavy atom. The van der Waals surface area contributed by atoms with E-state index < -0.39 is 0 Å². The summed E-state index contributed by atoms with van der Waals surface area (Å²) in [5.41, 5.74) is 4.35. The normalized spacial score (nSPS) is 11.4. The summed E-state index contributed by atoms with van der Waals surface area (Å²) in [6.07, 6.45) is 2.01. The Kier molecular flexibility index (Phi) is 3.97. The first kappa shape index (κ1) is 14.1. The van der Waals surface area contributed by atoms with Crippen LogP contribution >= 0.6 is 11.6 Å². The largest absolute Gasteiger partial charge is 0.307 e. The van der Waals surface area contributed by atoms with E-state index in [9.17, 15) is 0 Å². The van der Waals surface area contributed by atoms with Gasteiger partial charge in [0, 0.05) is 7.05 Å². The van der Waals surface area contributed by atoms with Crippen molar-refractivity contribution in [2.75, 3.05) is 0 Å². The van der Waals surface area contributed by atoms with Gasteiger partial charge in [0.1, 0.15) is 11.3 Å². The Morgan fingerprint density at radius 3 is 2.62 bits per heavy atom. The molecule has 3 rings (SSSR count). The third-order valence-corrected chi connectivity index (χ3v) is 3.90. The van der Waals surface area contributed by atoms with Crippen LogP contribution in [0.3, 0.4) is 0 Å². The Bertz CT molecular complexity index is 743. The molecular formula is C16H19ClN4. The van der Waals surface area contributed by atoms with E-state index >= 15 is 0 Å². The van der Waals surface area contributed by atoms with Crippen LogP contribution in [0, 0.1) is 0 Å². The molecule has 0 amide bonds. The zero-order chi connectivity index (χ0) is 14.8. The fourth-order valence-electron chi connectivity index (χ4n) is 2.73. The van der Waals surface area contributed by atoms with Gasteiger partial charge < -0.3 is 4.57 Å². The van der Waals surface area contributed by atoms with Crippen LogP contribution < -0.4 is 0 Å². The van der Waals surface area contributed by atoms with Gasteiger partial charge in [-0.05, 0) is 12.0 Å². The van der Waals surface area contributed by atoms with E-state index in [4.69, 9.17) is 16.6 Å². The van der Waals surface area contributed by atoms with Crippen LogP contribution in [0.2, 0.25) is 0 Å². The highest BCUT2D eigenvalue weighted by molar-refractivity contribution is 6.16. The first-order chi connectivity index (χ1) is 10.2. The van der Waals surface area contributed by atoms with Gasteiger partial charge in [0.2, 0.25) is 0 Å². The average molecular weight is 303 g/mol. The molecule has 0 fully saturated rings. The Morgan fingerprint density at radius 1 is 1.19 bits per heavy atom. The monoisotopic (exact) mass is 302 g/mol. The van der Waals surface area contributed by atoms with Crippen LogP contribution in [0.25, 0.3) is 11.2 Å². The first-order valence-corrected chi connectivity index (χ1v) is 7.79. The maximum Gasteiger partial charge on any atom is 0.159 e. The van der Waals surface area contributed by atoms with Crippen LogP contribution in [0.4, 0.5) is 0 Å². The summed E-state index contributed by atoms with van der Waals surface area (Å²) >= 11 is 6.10. The van der Waals surface area contributed by atoms with Crippen LogP contribution in [-0.2, 0) is 25.9 Å². The summed E-state index contributed by atoms with van der Waals surface area (Å²) in [6, 6.07) is 10.4. The number of aromatic nitrogens is 4. The van der Waals surface area contributed by atoms with Gasteiger partial charge in [-0.2, -0.15) is 5.10 Å². The molecule has 110 valence electrons. The number of halogens is 1. The SMILES string of the molecule is CCCc1nn(C)c2c1nc(CCl)n2Cc1ccccc1. The maximum atomic E-state index is 6.10. The highest BCUT2D eigenvalue weighted by atomic mass is 35.5. The van der Waals surface area contributed by atoms with Crippen LogP contribution in [0.1, 0.15) is 30.4 Å². The van der Waals surface area contributed by atoms with E-state index in [1.165, 1.54) is 5.56 Å². The highest BCUT2D eigenvalue weighted by Gasteiger charge is 2.18. The van der Waals surface area contributed by atoms with Crippen molar-refractivity contribution in [3.8, 4) is 0 Å². The molecule has 0 radical (unpaired) electrons. The zero-order valence-electron chi connectivity index (χ0n) is 12.4. The van der Waals surface area contributed by atoms with E-state index in [-0.39, 0.29) is 0 Å². The quantitative estimate of drug-likeness (QED) is 0.676. The molecule has 1 aromatic carbocycles. The second kappa shape index (κ2) is 5.90. The summed E-state index contributed by atoms with van der Waals surface area (Å²) in [5, 5.41) is 4.61. The number of benzene rings is 1. The predicted octanol–water partition coefficient (Wildman–Crippen LogP) is 3.51. The van der Waals surface area contributed by atoms with Crippen LogP contribution in [-0.4, -0.2) is 19.3 Å². The lowest BCUT2D eigenvalue weighted by Gasteiger charge is -2.08. The fraction of sp³-hybridized carbons (Fsp3) is 0.375. The standard InChI is InChI=1S/C16H19ClN4/c1-3-7-13-15-16(20(2)19-13)21(14(10-17)18-15)11-12-8-5-4-6-9-12/h4-6,8-9H,3,7,10-11H2,1-2H3. The zero-order valence-corrected chi connectivity index (χ0v) is 13.1. The molecule has 0 aliphatic heterocycles. The highest BCUT2D eigenvalue weighted by Crippen LogP contribution is 2.22. The molecule has 0 N–H and O–H groups in total. The van der Waals surface area contributed by atoms with Gasteiger partial charge in [-0.3, -0.25) is 4.68 Å². The van der Waals surface area contributed by atoms with Gasteiger partial charge in [-0.15, -0.1) is 11.6 Å². The van der Waals surface area contributed by atoms with Gasteiger partial charge in [-0.1, -0.05) is 43.7 Å². The minimum Gasteiger partial charge on any atom is -0.307 e. The predicted molar refractivity (Wildman–Crippen MR) is 85.6 cm³/mol. The van der Waals surface area contributed by atoms with Gasteiger partial charge in [-0.25, -0.2) is 4.98 Å². The molecular weight excluding hydrogens is 284 g/mol. The molecule has 0 saturated carbocycles. The molecule has 2 heterocycles. The van der Waals surface area contributed by atoms with Crippen LogP contribution in [0.15, 0.2) is 30.3 Å². The smallest absolute Gasteiger partial charge is 0.159 e. The fourth-order valence-corrected chi connectivity index (χ4v) is 2.93. The number of rotatable bonds is 5. The molecule has 5 heteroatoms. The molecule has 0 bridgehead atoms. The number of aryl methyl sites for hydroxylation is 2. The molecule has 0 spiro atoms. The van der Waals surface area contributed by atoms with E-state index in [1.54, 1.807) is 0 Å². The van der Waals surface area contributed by atoms with Gasteiger partial charge in [0.15, 0.2) is 5.65 Å². The van der Waals surface area contributed by atoms with E-state index in [0.717, 1.165) is 42.1 Å². The van der Waals surface area contributed by atoms with Crippen molar-refractivity contribution in [2.45, 2.75) is 32.2 Å². The Labute approximate surface area is 129 Å². The number of hydrogen-bond donors (Lipinski definition) is 0. The van der Waals surface area contributed by atoms with Crippen molar-refractivity contribution < 1.29 is 0 Å². The number of alkyl halides is 1. The third kappa shape index (κ3) is 2.56. The summed E-state index contributed by atoms with van der Waals surface area (Å²) in [4.78, 5) is 4.71. The topological polar surface area (TPSA) is 35.6 Å². The van der Waals surface area contributed by atoms with Crippen molar-refractivity contribution in [3.63, 3.8) is 0 Å². The molecule has 0 aliphatic carbocycles. The van der Waals surface area contributed by atoms with Gasteiger partial charge in [0.05, 0.1) is 18.1 Å². The Balaban J connectivity index is 2.11. The molecule has 0 unspecified atom stereocenters. The number of nitrogens with zero attached hydrogens (tertiary/aromatic N) is 4.